The van der Waals surface area contributed by atoms with Crippen LogP contribution in [0.5, 0.6) is 5.75 Å². The van der Waals surface area contributed by atoms with Crippen molar-refractivity contribution >= 4 is 33.1 Å². The first-order valence-electron chi connectivity index (χ1n) is 10.5. The van der Waals surface area contributed by atoms with E-state index < -0.39 is 11.6 Å². The van der Waals surface area contributed by atoms with Gasteiger partial charge in [-0.05, 0) is 53.9 Å². The number of rotatable bonds is 3. The number of carbonyl (C=O) groups is 1. The summed E-state index contributed by atoms with van der Waals surface area (Å²) in [5.74, 6) is -1.34. The maximum Gasteiger partial charge on any atom is 0.214 e. The lowest BCUT2D eigenvalue weighted by Gasteiger charge is -2.11. The quantitative estimate of drug-likeness (QED) is 0.330. The molecule has 158 valence electrons. The lowest BCUT2D eigenvalue weighted by Crippen LogP contribution is -2.08. The minimum atomic E-state index is -0.591. The zero-order chi connectivity index (χ0) is 22.5. The van der Waals surface area contributed by atoms with E-state index in [2.05, 4.69) is 0 Å². The largest absolute Gasteiger partial charge is 0.507 e. The molecule has 4 nitrogen and oxygen atoms in total. The Bertz CT molecular complexity index is 1720. The van der Waals surface area contributed by atoms with Crippen LogP contribution in [0.15, 0.2) is 97.1 Å². The summed E-state index contributed by atoms with van der Waals surface area (Å²) in [5, 5.41) is 12.3. The van der Waals surface area contributed by atoms with Crippen LogP contribution in [0, 0.1) is 5.82 Å². The number of hydrogen-bond donors (Lipinski definition) is 1. The van der Waals surface area contributed by atoms with Gasteiger partial charge in [-0.25, -0.2) is 9.37 Å². The Kier molecular flexibility index (Phi) is 4.23. The molecule has 0 saturated heterocycles. The molecule has 0 atom stereocenters. The van der Waals surface area contributed by atoms with Crippen molar-refractivity contribution in [2.45, 2.75) is 0 Å². The summed E-state index contributed by atoms with van der Waals surface area (Å²) >= 11 is 0. The number of aromatic hydroxyl groups is 1. The van der Waals surface area contributed by atoms with Crippen molar-refractivity contribution in [1.29, 1.82) is 0 Å². The molecule has 33 heavy (non-hydrogen) atoms. The molecule has 0 amide bonds. The molecular formula is C28H17FN2O2. The molecule has 0 fully saturated rings. The maximum absolute atomic E-state index is 14.0. The van der Waals surface area contributed by atoms with Crippen LogP contribution in [-0.2, 0) is 0 Å². The van der Waals surface area contributed by atoms with E-state index in [9.17, 15) is 14.3 Å². The lowest BCUT2D eigenvalue weighted by molar-refractivity contribution is 0.103. The molecule has 3 heterocycles. The number of halogens is 1. The highest BCUT2D eigenvalue weighted by atomic mass is 19.1. The van der Waals surface area contributed by atoms with Crippen LogP contribution < -0.4 is 0 Å². The van der Waals surface area contributed by atoms with E-state index in [-0.39, 0.29) is 11.3 Å². The third kappa shape index (κ3) is 3.05. The van der Waals surface area contributed by atoms with Crippen molar-refractivity contribution in [1.82, 2.24) is 9.38 Å². The molecule has 6 rings (SSSR count). The topological polar surface area (TPSA) is 54.6 Å². The van der Waals surface area contributed by atoms with Gasteiger partial charge in [-0.2, -0.15) is 0 Å². The van der Waals surface area contributed by atoms with Gasteiger partial charge in [-0.3, -0.25) is 4.79 Å². The standard InChI is InChI=1S/C28H17FN2O2/c29-19-11-14-26(32)22(15-19)28(33)27-21(24-13-10-17-5-1-3-7-23(17)30-24)16-20-12-9-18-6-2-4-8-25(18)31(20)27/h1-16,32H. The van der Waals surface area contributed by atoms with Crippen LogP contribution >= 0.6 is 0 Å². The van der Waals surface area contributed by atoms with Crippen LogP contribution in [0.1, 0.15) is 16.1 Å². The smallest absolute Gasteiger partial charge is 0.214 e. The van der Waals surface area contributed by atoms with Crippen LogP contribution in [0.25, 0.3) is 38.6 Å². The van der Waals surface area contributed by atoms with Gasteiger partial charge in [-0.1, -0.05) is 48.5 Å². The second kappa shape index (κ2) is 7.28. The zero-order valence-corrected chi connectivity index (χ0v) is 17.4. The van der Waals surface area contributed by atoms with Gasteiger partial charge in [0.1, 0.15) is 17.3 Å². The Balaban J connectivity index is 1.71. The normalized spacial score (nSPS) is 11.4. The number of pyridine rings is 2. The Morgan fingerprint density at radius 3 is 2.45 bits per heavy atom. The molecule has 6 aromatic rings. The number of carbonyl (C=O) groups excluding carboxylic acids is 1. The number of nitrogens with zero attached hydrogens (tertiary/aromatic N) is 2. The summed E-state index contributed by atoms with van der Waals surface area (Å²) in [5.41, 5.74) is 3.92. The Morgan fingerprint density at radius 1 is 0.818 bits per heavy atom. The number of aromatic nitrogens is 2. The summed E-state index contributed by atoms with van der Waals surface area (Å²) in [6.07, 6.45) is 0. The van der Waals surface area contributed by atoms with Crippen molar-refractivity contribution in [2.24, 2.45) is 0 Å². The highest BCUT2D eigenvalue weighted by Crippen LogP contribution is 2.34. The molecule has 0 radical (unpaired) electrons. The van der Waals surface area contributed by atoms with Gasteiger partial charge in [0, 0.05) is 16.5 Å². The SMILES string of the molecule is O=C(c1cc(F)ccc1O)c1c(-c2ccc3ccccc3n2)cc2ccc3ccccc3n12. The molecule has 3 aromatic heterocycles. The first-order chi connectivity index (χ1) is 16.1. The first-order valence-corrected chi connectivity index (χ1v) is 10.5. The van der Waals surface area contributed by atoms with Crippen LogP contribution in [0.3, 0.4) is 0 Å². The summed E-state index contributed by atoms with van der Waals surface area (Å²) in [4.78, 5) is 18.6. The third-order valence-electron chi connectivity index (χ3n) is 5.93. The van der Waals surface area contributed by atoms with E-state index in [1.54, 1.807) is 0 Å². The molecule has 0 unspecified atom stereocenters. The Morgan fingerprint density at radius 2 is 1.58 bits per heavy atom. The molecule has 3 aromatic carbocycles. The molecule has 0 bridgehead atoms. The lowest BCUT2D eigenvalue weighted by atomic mass is 10.0. The first kappa shape index (κ1) is 19.2. The predicted molar refractivity (Wildman–Crippen MR) is 127 cm³/mol. The molecule has 1 N–H and O–H groups in total. The average molecular weight is 432 g/mol. The van der Waals surface area contributed by atoms with Crippen molar-refractivity contribution in [3.63, 3.8) is 0 Å². The molecule has 5 heteroatoms. The molecule has 0 aliphatic rings. The molecule has 0 saturated carbocycles. The Labute approximate surface area is 188 Å². The fourth-order valence-corrected chi connectivity index (χ4v) is 4.37. The number of hydrogen-bond acceptors (Lipinski definition) is 3. The minimum absolute atomic E-state index is 0.0926. The van der Waals surface area contributed by atoms with Crippen molar-refractivity contribution in [3.05, 3.63) is 114 Å². The van der Waals surface area contributed by atoms with Gasteiger partial charge in [0.15, 0.2) is 0 Å². The summed E-state index contributed by atoms with van der Waals surface area (Å²) in [6, 6.07) is 28.6. The number of ketones is 1. The number of fused-ring (bicyclic) bond motifs is 4. The number of phenols is 1. The minimum Gasteiger partial charge on any atom is -0.507 e. The van der Waals surface area contributed by atoms with E-state index in [4.69, 9.17) is 4.98 Å². The van der Waals surface area contributed by atoms with Crippen LogP contribution in [0.2, 0.25) is 0 Å². The molecule has 0 spiro atoms. The second-order valence-corrected chi connectivity index (χ2v) is 7.94. The van der Waals surface area contributed by atoms with Gasteiger partial charge in [0.2, 0.25) is 5.78 Å². The van der Waals surface area contributed by atoms with Crippen LogP contribution in [-0.4, -0.2) is 20.3 Å². The fraction of sp³-hybridized carbons (Fsp3) is 0. The Hall–Kier alpha value is -4.51. The predicted octanol–water partition coefficient (Wildman–Crippen LogP) is 6.38. The van der Waals surface area contributed by atoms with E-state index in [0.717, 1.165) is 39.5 Å². The monoisotopic (exact) mass is 432 g/mol. The number of phenolic OH excluding ortho intramolecular Hbond substituents is 1. The molecule has 0 aliphatic carbocycles. The van der Waals surface area contributed by atoms with Crippen LogP contribution in [0.4, 0.5) is 4.39 Å². The summed E-state index contributed by atoms with van der Waals surface area (Å²) in [7, 11) is 0. The van der Waals surface area contributed by atoms with Crippen molar-refractivity contribution in [2.75, 3.05) is 0 Å². The average Bonchev–Trinajstić information content (AvgIpc) is 3.25. The molecular weight excluding hydrogens is 415 g/mol. The molecule has 0 aliphatic heterocycles. The fourth-order valence-electron chi connectivity index (χ4n) is 4.37. The van der Waals surface area contributed by atoms with Gasteiger partial charge < -0.3 is 9.51 Å². The second-order valence-electron chi connectivity index (χ2n) is 7.94. The maximum atomic E-state index is 14.0. The summed E-state index contributed by atoms with van der Waals surface area (Å²) < 4.78 is 15.9. The van der Waals surface area contributed by atoms with Gasteiger partial charge in [-0.15, -0.1) is 0 Å². The van der Waals surface area contributed by atoms with E-state index >= 15 is 0 Å². The van der Waals surface area contributed by atoms with E-state index in [1.165, 1.54) is 6.07 Å². The third-order valence-corrected chi connectivity index (χ3v) is 5.93. The highest BCUT2D eigenvalue weighted by Gasteiger charge is 2.25. The zero-order valence-electron chi connectivity index (χ0n) is 17.4. The number of para-hydroxylation sites is 2. The number of benzene rings is 3. The van der Waals surface area contributed by atoms with Gasteiger partial charge >= 0.3 is 0 Å². The van der Waals surface area contributed by atoms with Crippen molar-refractivity contribution in [3.8, 4) is 17.0 Å². The highest BCUT2D eigenvalue weighted by molar-refractivity contribution is 6.15. The van der Waals surface area contributed by atoms with E-state index in [0.29, 0.717) is 17.0 Å². The van der Waals surface area contributed by atoms with Gasteiger partial charge in [0.05, 0.1) is 22.3 Å². The summed E-state index contributed by atoms with van der Waals surface area (Å²) in [6.45, 7) is 0. The van der Waals surface area contributed by atoms with E-state index in [1.807, 2.05) is 83.3 Å². The van der Waals surface area contributed by atoms with Crippen molar-refractivity contribution < 1.29 is 14.3 Å². The van der Waals surface area contributed by atoms with Gasteiger partial charge in [0.25, 0.3) is 0 Å².